The van der Waals surface area contributed by atoms with Gasteiger partial charge >= 0.3 is 0 Å². The lowest BCUT2D eigenvalue weighted by Gasteiger charge is -2.40. The fourth-order valence-corrected chi connectivity index (χ4v) is 1.98. The van der Waals surface area contributed by atoms with E-state index in [9.17, 15) is 4.79 Å². The smallest absolute Gasteiger partial charge is 0.230 e. The summed E-state index contributed by atoms with van der Waals surface area (Å²) >= 11 is 0. The third-order valence-electron chi connectivity index (χ3n) is 4.33. The predicted octanol–water partition coefficient (Wildman–Crippen LogP) is 2.84. The van der Waals surface area contributed by atoms with Gasteiger partial charge in [-0.3, -0.25) is 4.79 Å². The topological polar surface area (TPSA) is 46.3 Å². The van der Waals surface area contributed by atoms with Crippen LogP contribution in [0.2, 0.25) is 0 Å². The maximum atomic E-state index is 12.7. The Kier molecular flexibility index (Phi) is 5.35. The molecule has 112 valence electrons. The molecule has 3 nitrogen and oxygen atoms in total. The van der Waals surface area contributed by atoms with Crippen molar-refractivity contribution < 1.29 is 4.79 Å². The molecule has 0 heterocycles. The van der Waals surface area contributed by atoms with E-state index in [1.807, 2.05) is 57.7 Å². The first-order valence-corrected chi connectivity index (χ1v) is 7.32. The summed E-state index contributed by atoms with van der Waals surface area (Å²) in [6.07, 6.45) is 0.876. The molecule has 0 spiro atoms. The minimum absolute atomic E-state index is 0.128. The Balaban J connectivity index is 2.74. The van der Waals surface area contributed by atoms with Gasteiger partial charge in [0.15, 0.2) is 0 Å². The Bertz CT molecular complexity index is 432. The highest BCUT2D eigenvalue weighted by atomic mass is 16.2. The number of hydrogen-bond acceptors (Lipinski definition) is 2. The molecule has 0 saturated heterocycles. The largest absolute Gasteiger partial charge is 0.342 e. The Hall–Kier alpha value is -1.35. The SMILES string of the molecule is CCN(CCc1ccccc1)C(=O)C(C)(C)C(C)(C)N. The quantitative estimate of drug-likeness (QED) is 0.868. The van der Waals surface area contributed by atoms with Gasteiger partial charge in [0.25, 0.3) is 0 Å². The molecular formula is C17H28N2O. The van der Waals surface area contributed by atoms with E-state index in [4.69, 9.17) is 5.73 Å². The van der Waals surface area contributed by atoms with Crippen LogP contribution in [0.4, 0.5) is 0 Å². The fourth-order valence-electron chi connectivity index (χ4n) is 1.98. The van der Waals surface area contributed by atoms with E-state index in [-0.39, 0.29) is 5.91 Å². The molecule has 0 bridgehead atoms. The molecule has 0 atom stereocenters. The summed E-state index contributed by atoms with van der Waals surface area (Å²) in [5, 5.41) is 0. The zero-order valence-corrected chi connectivity index (χ0v) is 13.4. The summed E-state index contributed by atoms with van der Waals surface area (Å²) in [6, 6.07) is 10.2. The Morgan fingerprint density at radius 1 is 1.15 bits per heavy atom. The number of hydrogen-bond donors (Lipinski definition) is 1. The molecule has 1 rings (SSSR count). The van der Waals surface area contributed by atoms with Crippen molar-refractivity contribution in [2.75, 3.05) is 13.1 Å². The van der Waals surface area contributed by atoms with Crippen LogP contribution in [-0.4, -0.2) is 29.4 Å². The van der Waals surface area contributed by atoms with Crippen LogP contribution in [-0.2, 0) is 11.2 Å². The van der Waals surface area contributed by atoms with Gasteiger partial charge in [0, 0.05) is 18.6 Å². The molecule has 0 fully saturated rings. The van der Waals surface area contributed by atoms with Crippen LogP contribution in [0.1, 0.15) is 40.2 Å². The number of carbonyl (C=O) groups excluding carboxylic acids is 1. The zero-order valence-electron chi connectivity index (χ0n) is 13.4. The van der Waals surface area contributed by atoms with Crippen LogP contribution >= 0.6 is 0 Å². The molecule has 1 amide bonds. The first-order chi connectivity index (χ1) is 9.20. The van der Waals surface area contributed by atoms with Gasteiger partial charge in [-0.05, 0) is 46.6 Å². The number of likely N-dealkylation sites (N-methyl/N-ethyl adjacent to an activating group) is 1. The van der Waals surface area contributed by atoms with Crippen LogP contribution in [0.5, 0.6) is 0 Å². The number of rotatable bonds is 6. The van der Waals surface area contributed by atoms with Gasteiger partial charge in [-0.2, -0.15) is 0 Å². The summed E-state index contributed by atoms with van der Waals surface area (Å²) in [6.45, 7) is 11.2. The molecule has 0 saturated carbocycles. The Morgan fingerprint density at radius 3 is 2.15 bits per heavy atom. The van der Waals surface area contributed by atoms with Crippen molar-refractivity contribution in [2.24, 2.45) is 11.1 Å². The summed E-state index contributed by atoms with van der Waals surface area (Å²) in [7, 11) is 0. The second-order valence-electron chi connectivity index (χ2n) is 6.47. The van der Waals surface area contributed by atoms with E-state index >= 15 is 0 Å². The average Bonchev–Trinajstić information content (AvgIpc) is 2.39. The highest BCUT2D eigenvalue weighted by Crippen LogP contribution is 2.30. The highest BCUT2D eigenvalue weighted by molar-refractivity contribution is 5.83. The van der Waals surface area contributed by atoms with Gasteiger partial charge in [0.2, 0.25) is 5.91 Å². The lowest BCUT2D eigenvalue weighted by Crippen LogP contribution is -2.56. The minimum atomic E-state index is -0.570. The Labute approximate surface area is 123 Å². The first kappa shape index (κ1) is 16.7. The third kappa shape index (κ3) is 3.83. The lowest BCUT2D eigenvalue weighted by atomic mass is 9.74. The number of nitrogens with two attached hydrogens (primary N) is 1. The second-order valence-corrected chi connectivity index (χ2v) is 6.47. The first-order valence-electron chi connectivity index (χ1n) is 7.32. The molecule has 20 heavy (non-hydrogen) atoms. The molecule has 0 radical (unpaired) electrons. The van der Waals surface area contributed by atoms with E-state index < -0.39 is 11.0 Å². The van der Waals surface area contributed by atoms with E-state index in [1.54, 1.807) is 0 Å². The average molecular weight is 276 g/mol. The van der Waals surface area contributed by atoms with Crippen molar-refractivity contribution >= 4 is 5.91 Å². The van der Waals surface area contributed by atoms with Crippen LogP contribution in [0.25, 0.3) is 0 Å². The van der Waals surface area contributed by atoms with E-state index in [1.165, 1.54) is 5.56 Å². The number of amides is 1. The molecule has 0 aliphatic carbocycles. The standard InChI is InChI=1S/C17H28N2O/c1-6-19(13-12-14-10-8-7-9-11-14)15(20)16(2,3)17(4,5)18/h7-11H,6,12-13,18H2,1-5H3. The van der Waals surface area contributed by atoms with Gasteiger partial charge in [-0.25, -0.2) is 0 Å². The van der Waals surface area contributed by atoms with Gasteiger partial charge in [0.1, 0.15) is 0 Å². The molecule has 0 unspecified atom stereocenters. The number of carbonyl (C=O) groups is 1. The van der Waals surface area contributed by atoms with Gasteiger partial charge < -0.3 is 10.6 Å². The second kappa shape index (κ2) is 6.40. The number of benzene rings is 1. The molecule has 3 heteroatoms. The summed E-state index contributed by atoms with van der Waals surface area (Å²) in [5.41, 5.74) is 6.31. The van der Waals surface area contributed by atoms with E-state index in [2.05, 4.69) is 12.1 Å². The maximum absolute atomic E-state index is 12.7. The summed E-state index contributed by atoms with van der Waals surface area (Å²) < 4.78 is 0. The van der Waals surface area contributed by atoms with Crippen molar-refractivity contribution in [3.8, 4) is 0 Å². The molecule has 0 aliphatic heterocycles. The molecule has 0 aliphatic rings. The molecule has 0 aromatic heterocycles. The van der Waals surface area contributed by atoms with Crippen molar-refractivity contribution in [3.63, 3.8) is 0 Å². The minimum Gasteiger partial charge on any atom is -0.342 e. The van der Waals surface area contributed by atoms with Gasteiger partial charge in [0.05, 0.1) is 5.41 Å². The lowest BCUT2D eigenvalue weighted by molar-refractivity contribution is -0.143. The van der Waals surface area contributed by atoms with Gasteiger partial charge in [-0.1, -0.05) is 30.3 Å². The van der Waals surface area contributed by atoms with Crippen LogP contribution in [0.3, 0.4) is 0 Å². The third-order valence-corrected chi connectivity index (χ3v) is 4.33. The summed E-state index contributed by atoms with van der Waals surface area (Å²) in [5.74, 6) is 0.128. The normalized spacial score (nSPS) is 12.3. The molecule has 1 aromatic carbocycles. The Morgan fingerprint density at radius 2 is 1.70 bits per heavy atom. The van der Waals surface area contributed by atoms with Crippen LogP contribution in [0.15, 0.2) is 30.3 Å². The van der Waals surface area contributed by atoms with E-state index in [0.717, 1.165) is 13.0 Å². The van der Waals surface area contributed by atoms with Crippen molar-refractivity contribution in [1.29, 1.82) is 0 Å². The van der Waals surface area contributed by atoms with Crippen LogP contribution in [0, 0.1) is 5.41 Å². The molecule has 1 aromatic rings. The van der Waals surface area contributed by atoms with Crippen molar-refractivity contribution in [3.05, 3.63) is 35.9 Å². The fraction of sp³-hybridized carbons (Fsp3) is 0.588. The van der Waals surface area contributed by atoms with Crippen LogP contribution < -0.4 is 5.73 Å². The maximum Gasteiger partial charge on any atom is 0.230 e. The molecule has 2 N–H and O–H groups in total. The van der Waals surface area contributed by atoms with E-state index in [0.29, 0.717) is 6.54 Å². The highest BCUT2D eigenvalue weighted by Gasteiger charge is 2.42. The molecular weight excluding hydrogens is 248 g/mol. The monoisotopic (exact) mass is 276 g/mol. The van der Waals surface area contributed by atoms with Crippen molar-refractivity contribution in [2.45, 2.75) is 46.6 Å². The van der Waals surface area contributed by atoms with Crippen molar-refractivity contribution in [1.82, 2.24) is 4.90 Å². The van der Waals surface area contributed by atoms with Gasteiger partial charge in [-0.15, -0.1) is 0 Å². The predicted molar refractivity (Wildman–Crippen MR) is 84.4 cm³/mol. The zero-order chi connectivity index (χ0) is 15.4. The number of nitrogens with zero attached hydrogens (tertiary/aromatic N) is 1. The summed E-state index contributed by atoms with van der Waals surface area (Å²) in [4.78, 5) is 14.6.